The van der Waals surface area contributed by atoms with Crippen LogP contribution in [0.2, 0.25) is 0 Å². The smallest absolute Gasteiger partial charge is 0.246 e. The Labute approximate surface area is 125 Å². The SMILES string of the molecule is CCC1NC(=O)C(C(C)C)N(Cc2cncc(C)c2)C1=O. The van der Waals surface area contributed by atoms with Crippen molar-refractivity contribution in [2.24, 2.45) is 5.92 Å². The number of aromatic nitrogens is 1. The highest BCUT2D eigenvalue weighted by atomic mass is 16.2. The summed E-state index contributed by atoms with van der Waals surface area (Å²) in [7, 11) is 0. The number of aryl methyl sites for hydroxylation is 1. The van der Waals surface area contributed by atoms with Gasteiger partial charge < -0.3 is 10.2 Å². The predicted molar refractivity (Wildman–Crippen MR) is 80.4 cm³/mol. The minimum absolute atomic E-state index is 0.00249. The molecule has 1 aliphatic rings. The maximum Gasteiger partial charge on any atom is 0.246 e. The van der Waals surface area contributed by atoms with E-state index in [1.54, 1.807) is 17.3 Å². The van der Waals surface area contributed by atoms with E-state index in [2.05, 4.69) is 10.3 Å². The molecular formula is C16H23N3O2. The molecule has 1 saturated heterocycles. The molecule has 0 spiro atoms. The Morgan fingerprint density at radius 2 is 2.05 bits per heavy atom. The number of nitrogens with zero attached hydrogens (tertiary/aromatic N) is 2. The number of carbonyl (C=O) groups excluding carboxylic acids is 2. The van der Waals surface area contributed by atoms with Crippen LogP contribution >= 0.6 is 0 Å². The first kappa shape index (κ1) is 15.5. The second kappa shape index (κ2) is 6.24. The molecule has 1 N–H and O–H groups in total. The number of carbonyl (C=O) groups is 2. The van der Waals surface area contributed by atoms with Crippen LogP contribution in [-0.2, 0) is 16.1 Å². The van der Waals surface area contributed by atoms with Gasteiger partial charge in [0.1, 0.15) is 12.1 Å². The molecule has 0 saturated carbocycles. The van der Waals surface area contributed by atoms with Gasteiger partial charge in [-0.25, -0.2) is 0 Å². The molecule has 2 heterocycles. The second-order valence-corrected chi connectivity index (χ2v) is 5.99. The summed E-state index contributed by atoms with van der Waals surface area (Å²) in [6, 6.07) is 1.18. The lowest BCUT2D eigenvalue weighted by Gasteiger charge is -2.40. The Morgan fingerprint density at radius 1 is 1.33 bits per heavy atom. The summed E-state index contributed by atoms with van der Waals surface area (Å²) in [6.07, 6.45) is 4.14. The van der Waals surface area contributed by atoms with E-state index < -0.39 is 12.1 Å². The van der Waals surface area contributed by atoms with E-state index in [9.17, 15) is 9.59 Å². The topological polar surface area (TPSA) is 62.3 Å². The van der Waals surface area contributed by atoms with Gasteiger partial charge in [0, 0.05) is 18.9 Å². The van der Waals surface area contributed by atoms with Crippen LogP contribution in [0.4, 0.5) is 0 Å². The number of pyridine rings is 1. The lowest BCUT2D eigenvalue weighted by Crippen LogP contribution is -2.64. The third-order valence-corrected chi connectivity index (χ3v) is 3.83. The average molecular weight is 289 g/mol. The van der Waals surface area contributed by atoms with Gasteiger partial charge in [-0.2, -0.15) is 0 Å². The van der Waals surface area contributed by atoms with Gasteiger partial charge in [-0.3, -0.25) is 14.6 Å². The average Bonchev–Trinajstić information content (AvgIpc) is 2.42. The van der Waals surface area contributed by atoms with E-state index in [4.69, 9.17) is 0 Å². The molecule has 0 radical (unpaired) electrons. The van der Waals surface area contributed by atoms with Gasteiger partial charge in [-0.05, 0) is 30.4 Å². The number of hydrogen-bond acceptors (Lipinski definition) is 3. The van der Waals surface area contributed by atoms with Crippen LogP contribution < -0.4 is 5.32 Å². The lowest BCUT2D eigenvalue weighted by molar-refractivity contribution is -0.152. The summed E-state index contributed by atoms with van der Waals surface area (Å²) in [4.78, 5) is 30.8. The van der Waals surface area contributed by atoms with Crippen molar-refractivity contribution >= 4 is 11.8 Å². The Balaban J connectivity index is 2.29. The number of hydrogen-bond donors (Lipinski definition) is 1. The molecule has 1 fully saturated rings. The van der Waals surface area contributed by atoms with Crippen molar-refractivity contribution in [1.82, 2.24) is 15.2 Å². The fraction of sp³-hybridized carbons (Fsp3) is 0.562. The van der Waals surface area contributed by atoms with E-state index in [0.29, 0.717) is 13.0 Å². The van der Waals surface area contributed by atoms with Crippen LogP contribution in [0.1, 0.15) is 38.3 Å². The van der Waals surface area contributed by atoms with Crippen LogP contribution in [0.25, 0.3) is 0 Å². The summed E-state index contributed by atoms with van der Waals surface area (Å²) < 4.78 is 0. The van der Waals surface area contributed by atoms with E-state index in [1.807, 2.05) is 33.8 Å². The number of rotatable bonds is 4. The molecule has 0 aromatic carbocycles. The van der Waals surface area contributed by atoms with Crippen molar-refractivity contribution in [3.63, 3.8) is 0 Å². The largest absolute Gasteiger partial charge is 0.343 e. The van der Waals surface area contributed by atoms with Crippen LogP contribution in [-0.4, -0.2) is 33.8 Å². The Kier molecular flexibility index (Phi) is 4.60. The van der Waals surface area contributed by atoms with Gasteiger partial charge in [-0.1, -0.05) is 26.8 Å². The van der Waals surface area contributed by atoms with E-state index in [0.717, 1.165) is 11.1 Å². The monoisotopic (exact) mass is 289 g/mol. The van der Waals surface area contributed by atoms with Crippen molar-refractivity contribution in [3.8, 4) is 0 Å². The highest BCUT2D eigenvalue weighted by Gasteiger charge is 2.41. The van der Waals surface area contributed by atoms with Crippen molar-refractivity contribution < 1.29 is 9.59 Å². The molecule has 21 heavy (non-hydrogen) atoms. The van der Waals surface area contributed by atoms with Gasteiger partial charge in [0.25, 0.3) is 0 Å². The molecule has 1 aromatic rings. The first-order valence-electron chi connectivity index (χ1n) is 7.45. The maximum absolute atomic E-state index is 12.6. The van der Waals surface area contributed by atoms with E-state index >= 15 is 0 Å². The minimum Gasteiger partial charge on any atom is -0.343 e. The van der Waals surface area contributed by atoms with Gasteiger partial charge >= 0.3 is 0 Å². The molecule has 1 aromatic heterocycles. The van der Waals surface area contributed by atoms with Crippen molar-refractivity contribution in [1.29, 1.82) is 0 Å². The third kappa shape index (κ3) is 3.23. The molecule has 5 heteroatoms. The molecule has 114 valence electrons. The zero-order chi connectivity index (χ0) is 15.6. The molecular weight excluding hydrogens is 266 g/mol. The molecule has 2 amide bonds. The summed E-state index contributed by atoms with van der Waals surface area (Å²) in [5.74, 6) is 0.0129. The summed E-state index contributed by atoms with van der Waals surface area (Å²) >= 11 is 0. The fourth-order valence-corrected chi connectivity index (χ4v) is 2.81. The summed E-state index contributed by atoms with van der Waals surface area (Å²) in [5, 5.41) is 2.83. The number of piperazine rings is 1. The van der Waals surface area contributed by atoms with Crippen molar-refractivity contribution in [2.75, 3.05) is 0 Å². The molecule has 2 unspecified atom stereocenters. The molecule has 2 rings (SSSR count). The van der Waals surface area contributed by atoms with Crippen LogP contribution in [0.3, 0.4) is 0 Å². The van der Waals surface area contributed by atoms with Gasteiger partial charge in [-0.15, -0.1) is 0 Å². The zero-order valence-corrected chi connectivity index (χ0v) is 13.1. The first-order valence-corrected chi connectivity index (χ1v) is 7.45. The fourth-order valence-electron chi connectivity index (χ4n) is 2.81. The standard InChI is InChI=1S/C16H23N3O2/c1-5-13-16(21)19(14(10(2)3)15(20)18-13)9-12-6-11(4)7-17-8-12/h6-8,10,13-14H,5,9H2,1-4H3,(H,18,20). The molecule has 0 bridgehead atoms. The van der Waals surface area contributed by atoms with Crippen LogP contribution in [0.15, 0.2) is 18.5 Å². The van der Waals surface area contributed by atoms with Crippen LogP contribution in [0, 0.1) is 12.8 Å². The van der Waals surface area contributed by atoms with E-state index in [-0.39, 0.29) is 17.7 Å². The Hall–Kier alpha value is -1.91. The minimum atomic E-state index is -0.416. The molecule has 5 nitrogen and oxygen atoms in total. The van der Waals surface area contributed by atoms with Gasteiger partial charge in [0.2, 0.25) is 11.8 Å². The lowest BCUT2D eigenvalue weighted by atomic mass is 9.95. The van der Waals surface area contributed by atoms with Crippen molar-refractivity contribution in [2.45, 2.75) is 52.7 Å². The van der Waals surface area contributed by atoms with Gasteiger partial charge in [0.15, 0.2) is 0 Å². The summed E-state index contributed by atoms with van der Waals surface area (Å²) in [6.45, 7) is 8.23. The maximum atomic E-state index is 12.6. The molecule has 1 aliphatic heterocycles. The normalized spacial score (nSPS) is 22.6. The number of nitrogens with one attached hydrogen (secondary N) is 1. The molecule has 2 atom stereocenters. The third-order valence-electron chi connectivity index (χ3n) is 3.83. The first-order chi connectivity index (χ1) is 9.93. The zero-order valence-electron chi connectivity index (χ0n) is 13.1. The number of amides is 2. The van der Waals surface area contributed by atoms with Crippen LogP contribution in [0.5, 0.6) is 0 Å². The Bertz CT molecular complexity index is 542. The summed E-state index contributed by atoms with van der Waals surface area (Å²) in [5.41, 5.74) is 2.01. The quantitative estimate of drug-likeness (QED) is 0.917. The second-order valence-electron chi connectivity index (χ2n) is 5.99. The Morgan fingerprint density at radius 3 is 2.62 bits per heavy atom. The predicted octanol–water partition coefficient (Wildman–Crippen LogP) is 1.65. The highest BCUT2D eigenvalue weighted by molar-refractivity contribution is 5.97. The van der Waals surface area contributed by atoms with Crippen molar-refractivity contribution in [3.05, 3.63) is 29.6 Å². The van der Waals surface area contributed by atoms with Gasteiger partial charge in [0.05, 0.1) is 0 Å². The molecule has 0 aliphatic carbocycles. The highest BCUT2D eigenvalue weighted by Crippen LogP contribution is 2.21. The van der Waals surface area contributed by atoms with E-state index in [1.165, 1.54) is 0 Å².